The van der Waals surface area contributed by atoms with Gasteiger partial charge in [-0.1, -0.05) is 6.42 Å². The molecule has 10 heavy (non-hydrogen) atoms. The molecule has 1 aliphatic heterocycles. The molecule has 1 unspecified atom stereocenters. The minimum atomic E-state index is 0. The first-order valence-electron chi connectivity index (χ1n) is 3.46. The van der Waals surface area contributed by atoms with E-state index in [0.29, 0.717) is 5.54 Å². The van der Waals surface area contributed by atoms with Crippen LogP contribution < -0.4 is 51.4 Å². The van der Waals surface area contributed by atoms with Crippen LogP contribution in [-0.4, -0.2) is 37.6 Å². The normalized spacial score (nSPS) is 32.4. The van der Waals surface area contributed by atoms with E-state index in [1.54, 1.807) is 0 Å². The van der Waals surface area contributed by atoms with Gasteiger partial charge >= 0.3 is 51.4 Å². The maximum atomic E-state index is 4.32. The molecule has 1 heterocycles. The molecule has 1 aliphatic rings. The largest absolute Gasteiger partial charge is 1.00 e. The molecule has 0 bridgehead atoms. The van der Waals surface area contributed by atoms with Crippen molar-refractivity contribution in [3.05, 3.63) is 5.32 Å². The molecule has 0 saturated carbocycles. The van der Waals surface area contributed by atoms with Gasteiger partial charge in [-0.25, -0.2) is 0 Å². The molecule has 0 radical (unpaired) electrons. The van der Waals surface area contributed by atoms with E-state index in [4.69, 9.17) is 0 Å². The van der Waals surface area contributed by atoms with Gasteiger partial charge in [-0.2, -0.15) is 0 Å². The zero-order valence-corrected chi connectivity index (χ0v) is 10.6. The van der Waals surface area contributed by atoms with Crippen LogP contribution in [-0.2, 0) is 0 Å². The van der Waals surface area contributed by atoms with Crippen LogP contribution in [0.15, 0.2) is 0 Å². The summed E-state index contributed by atoms with van der Waals surface area (Å²) in [5, 5.41) is 4.32. The Morgan fingerprint density at radius 2 is 2.00 bits per heavy atom. The van der Waals surface area contributed by atoms with E-state index >= 15 is 0 Å². The minimum Gasteiger partial charge on any atom is -0.661 e. The minimum absolute atomic E-state index is 0. The first-order valence-corrected chi connectivity index (χ1v) is 3.46. The van der Waals surface area contributed by atoms with Crippen molar-refractivity contribution in [2.75, 3.05) is 27.2 Å². The van der Waals surface area contributed by atoms with E-state index < -0.39 is 0 Å². The number of rotatable bonds is 1. The second-order valence-electron chi connectivity index (χ2n) is 3.25. The molecule has 1 fully saturated rings. The van der Waals surface area contributed by atoms with Crippen LogP contribution in [0.25, 0.3) is 5.32 Å². The summed E-state index contributed by atoms with van der Waals surface area (Å²) in [5.41, 5.74) is 0.361. The Hall–Kier alpha value is 1.56. The number of hydrogen-bond acceptors (Lipinski definition) is 1. The van der Waals surface area contributed by atoms with Crippen molar-refractivity contribution in [2.45, 2.75) is 18.9 Å². The third-order valence-corrected chi connectivity index (χ3v) is 2.34. The molecular formula is C7H15KN2. The van der Waals surface area contributed by atoms with Gasteiger partial charge in [0.1, 0.15) is 0 Å². The van der Waals surface area contributed by atoms with Crippen LogP contribution in [0.1, 0.15) is 13.3 Å². The second kappa shape index (κ2) is 4.55. The molecule has 0 aromatic heterocycles. The number of hydrogen-bond donors (Lipinski definition) is 0. The smallest absolute Gasteiger partial charge is 0.661 e. The third-order valence-electron chi connectivity index (χ3n) is 2.34. The molecule has 1 atom stereocenters. The number of nitrogens with zero attached hydrogens (tertiary/aromatic N) is 2. The first kappa shape index (κ1) is 11.6. The summed E-state index contributed by atoms with van der Waals surface area (Å²) in [6.45, 7) is 4.33. The zero-order chi connectivity index (χ0) is 6.91. The predicted molar refractivity (Wildman–Crippen MR) is 39.8 cm³/mol. The molecule has 2 nitrogen and oxygen atoms in total. The Labute approximate surface area is 106 Å². The van der Waals surface area contributed by atoms with Gasteiger partial charge < -0.3 is 10.2 Å². The quantitative estimate of drug-likeness (QED) is 0.416. The molecular weight excluding hydrogens is 151 g/mol. The summed E-state index contributed by atoms with van der Waals surface area (Å²) in [6.07, 6.45) is 1.22. The summed E-state index contributed by atoms with van der Waals surface area (Å²) in [5.74, 6) is 0. The maximum absolute atomic E-state index is 4.32. The van der Waals surface area contributed by atoms with Gasteiger partial charge in [0.05, 0.1) is 0 Å². The zero-order valence-electron chi connectivity index (χ0n) is 7.52. The van der Waals surface area contributed by atoms with E-state index in [-0.39, 0.29) is 51.4 Å². The molecule has 1 rings (SSSR count). The van der Waals surface area contributed by atoms with E-state index in [1.165, 1.54) is 6.42 Å². The third kappa shape index (κ3) is 2.55. The molecule has 54 valence electrons. The Kier molecular flexibility index (Phi) is 5.26. The predicted octanol–water partition coefficient (Wildman–Crippen LogP) is -1.91. The fourth-order valence-corrected chi connectivity index (χ4v) is 1.08. The van der Waals surface area contributed by atoms with Crippen LogP contribution in [0.3, 0.4) is 0 Å². The van der Waals surface area contributed by atoms with Gasteiger partial charge in [0, 0.05) is 0 Å². The Balaban J connectivity index is 0.000000810. The van der Waals surface area contributed by atoms with Crippen molar-refractivity contribution in [3.8, 4) is 0 Å². The summed E-state index contributed by atoms with van der Waals surface area (Å²) >= 11 is 0. The molecule has 0 aromatic rings. The van der Waals surface area contributed by atoms with Crippen LogP contribution in [0.4, 0.5) is 0 Å². The average molecular weight is 166 g/mol. The Morgan fingerprint density at radius 3 is 2.20 bits per heavy atom. The van der Waals surface area contributed by atoms with Crippen LogP contribution >= 0.6 is 0 Å². The summed E-state index contributed by atoms with van der Waals surface area (Å²) < 4.78 is 0. The van der Waals surface area contributed by atoms with Crippen molar-refractivity contribution < 1.29 is 51.4 Å². The molecule has 0 amide bonds. The molecule has 0 aliphatic carbocycles. The fourth-order valence-electron chi connectivity index (χ4n) is 1.08. The number of likely N-dealkylation sites (N-methyl/N-ethyl adjacent to an activating group) is 1. The van der Waals surface area contributed by atoms with Crippen molar-refractivity contribution in [3.63, 3.8) is 0 Å². The van der Waals surface area contributed by atoms with Gasteiger partial charge in [0.15, 0.2) is 0 Å². The van der Waals surface area contributed by atoms with Crippen molar-refractivity contribution >= 4 is 0 Å². The molecule has 1 saturated heterocycles. The van der Waals surface area contributed by atoms with E-state index in [0.717, 1.165) is 13.1 Å². The average Bonchev–Trinajstić information content (AvgIpc) is 2.16. The monoisotopic (exact) mass is 166 g/mol. The SMILES string of the molecule is CN(C)C1(C)CC[N-]C1.[K+]. The molecule has 0 N–H and O–H groups in total. The van der Waals surface area contributed by atoms with Gasteiger partial charge in [-0.05, 0) is 26.6 Å². The van der Waals surface area contributed by atoms with Gasteiger partial charge in [0.2, 0.25) is 0 Å². The van der Waals surface area contributed by atoms with Crippen molar-refractivity contribution in [1.29, 1.82) is 0 Å². The molecule has 3 heteroatoms. The van der Waals surface area contributed by atoms with Crippen LogP contribution in [0.2, 0.25) is 0 Å². The van der Waals surface area contributed by atoms with Crippen LogP contribution in [0.5, 0.6) is 0 Å². The summed E-state index contributed by atoms with van der Waals surface area (Å²) in [4.78, 5) is 2.27. The Bertz CT molecular complexity index is 97.8. The van der Waals surface area contributed by atoms with Crippen LogP contribution in [0, 0.1) is 0 Å². The van der Waals surface area contributed by atoms with Gasteiger partial charge in [-0.3, -0.25) is 0 Å². The molecule has 0 aromatic carbocycles. The van der Waals surface area contributed by atoms with Crippen molar-refractivity contribution in [2.24, 2.45) is 0 Å². The standard InChI is InChI=1S/C7H15N2.K/c1-7(9(2)3)4-5-8-6-7;/h4-6H2,1-3H3;/q-1;+1. The van der Waals surface area contributed by atoms with Crippen molar-refractivity contribution in [1.82, 2.24) is 4.90 Å². The fraction of sp³-hybridized carbons (Fsp3) is 1.00. The topological polar surface area (TPSA) is 17.3 Å². The maximum Gasteiger partial charge on any atom is 1.00 e. The van der Waals surface area contributed by atoms with E-state index in [1.807, 2.05) is 0 Å². The van der Waals surface area contributed by atoms with Gasteiger partial charge in [-0.15, -0.1) is 13.1 Å². The summed E-state index contributed by atoms with van der Waals surface area (Å²) in [6, 6.07) is 0. The first-order chi connectivity index (χ1) is 4.15. The van der Waals surface area contributed by atoms with E-state index in [2.05, 4.69) is 31.2 Å². The van der Waals surface area contributed by atoms with Gasteiger partial charge in [0.25, 0.3) is 0 Å². The molecule has 0 spiro atoms. The Morgan fingerprint density at radius 1 is 1.40 bits per heavy atom. The summed E-state index contributed by atoms with van der Waals surface area (Å²) in [7, 11) is 4.25. The van der Waals surface area contributed by atoms with E-state index in [9.17, 15) is 0 Å². The second-order valence-corrected chi connectivity index (χ2v) is 3.25.